The van der Waals surface area contributed by atoms with Gasteiger partial charge in [-0.2, -0.15) is 0 Å². The molecule has 5 heteroatoms. The third-order valence-electron chi connectivity index (χ3n) is 3.88. The third-order valence-corrected chi connectivity index (χ3v) is 3.88. The van der Waals surface area contributed by atoms with Crippen molar-refractivity contribution in [1.29, 1.82) is 0 Å². The van der Waals surface area contributed by atoms with Crippen molar-refractivity contribution >= 4 is 17.6 Å². The van der Waals surface area contributed by atoms with Crippen molar-refractivity contribution in [3.05, 3.63) is 29.3 Å². The van der Waals surface area contributed by atoms with Crippen molar-refractivity contribution in [1.82, 2.24) is 5.32 Å². The summed E-state index contributed by atoms with van der Waals surface area (Å²) in [7, 11) is 0. The van der Waals surface area contributed by atoms with Crippen LogP contribution in [0.2, 0.25) is 0 Å². The number of amides is 1. The van der Waals surface area contributed by atoms with Crippen molar-refractivity contribution < 1.29 is 14.7 Å². The predicted molar refractivity (Wildman–Crippen MR) is 76.5 cm³/mol. The van der Waals surface area contributed by atoms with Crippen LogP contribution in [-0.4, -0.2) is 22.5 Å². The standard InChI is InChI=1S/C15H20N2O3/c1-10-4-5-12(16)11(8-10)14(20)17-15(9-13(18)19)6-2-3-7-15/h4-5,8H,2-3,6-7,9,16H2,1H3,(H,17,20)(H,18,19). The summed E-state index contributed by atoms with van der Waals surface area (Å²) in [6.07, 6.45) is 3.26. The van der Waals surface area contributed by atoms with Gasteiger partial charge in [0.25, 0.3) is 5.91 Å². The summed E-state index contributed by atoms with van der Waals surface area (Å²) in [5.41, 5.74) is 6.98. The largest absolute Gasteiger partial charge is 0.481 e. The van der Waals surface area contributed by atoms with E-state index in [0.717, 1.165) is 18.4 Å². The van der Waals surface area contributed by atoms with E-state index in [4.69, 9.17) is 10.8 Å². The number of hydrogen-bond acceptors (Lipinski definition) is 3. The molecule has 0 unspecified atom stereocenters. The molecule has 108 valence electrons. The minimum absolute atomic E-state index is 0.0372. The Kier molecular flexibility index (Phi) is 3.97. The van der Waals surface area contributed by atoms with Gasteiger partial charge in [-0.05, 0) is 31.9 Å². The summed E-state index contributed by atoms with van der Waals surface area (Å²) in [5, 5.41) is 12.0. The van der Waals surface area contributed by atoms with Crippen LogP contribution in [0.4, 0.5) is 5.69 Å². The zero-order valence-electron chi connectivity index (χ0n) is 11.6. The van der Waals surface area contributed by atoms with E-state index in [2.05, 4.69) is 5.32 Å². The Morgan fingerprint density at radius 3 is 2.60 bits per heavy atom. The molecule has 20 heavy (non-hydrogen) atoms. The van der Waals surface area contributed by atoms with Crippen LogP contribution in [0, 0.1) is 6.92 Å². The van der Waals surface area contributed by atoms with Crippen LogP contribution in [0.25, 0.3) is 0 Å². The Labute approximate surface area is 118 Å². The number of aryl methyl sites for hydroxylation is 1. The lowest BCUT2D eigenvalue weighted by Gasteiger charge is -2.29. The molecule has 0 radical (unpaired) electrons. The highest BCUT2D eigenvalue weighted by molar-refractivity contribution is 6.00. The number of carboxylic acids is 1. The van der Waals surface area contributed by atoms with Gasteiger partial charge in [-0.15, -0.1) is 0 Å². The van der Waals surface area contributed by atoms with E-state index in [1.807, 2.05) is 13.0 Å². The van der Waals surface area contributed by atoms with Gasteiger partial charge in [0, 0.05) is 5.69 Å². The predicted octanol–water partition coefficient (Wildman–Crippen LogP) is 2.09. The zero-order chi connectivity index (χ0) is 14.8. The molecular weight excluding hydrogens is 256 g/mol. The number of anilines is 1. The molecule has 0 atom stereocenters. The van der Waals surface area contributed by atoms with Crippen LogP contribution in [0.3, 0.4) is 0 Å². The highest BCUT2D eigenvalue weighted by Crippen LogP contribution is 2.33. The van der Waals surface area contributed by atoms with Gasteiger partial charge in [0.1, 0.15) is 0 Å². The van der Waals surface area contributed by atoms with Crippen molar-refractivity contribution in [2.45, 2.75) is 44.6 Å². The Bertz CT molecular complexity index is 534. The number of nitrogens with two attached hydrogens (primary N) is 1. The summed E-state index contributed by atoms with van der Waals surface area (Å²) in [6.45, 7) is 1.89. The number of carbonyl (C=O) groups is 2. The number of carboxylic acid groups (broad SMARTS) is 1. The van der Waals surface area contributed by atoms with Gasteiger partial charge in [0.2, 0.25) is 0 Å². The second-order valence-electron chi connectivity index (χ2n) is 5.60. The van der Waals surface area contributed by atoms with Gasteiger partial charge in [0.05, 0.1) is 17.5 Å². The molecule has 0 aromatic heterocycles. The number of carbonyl (C=O) groups excluding carboxylic acids is 1. The third kappa shape index (κ3) is 3.10. The van der Waals surface area contributed by atoms with Crippen LogP contribution < -0.4 is 11.1 Å². The van der Waals surface area contributed by atoms with Crippen LogP contribution in [-0.2, 0) is 4.79 Å². The molecule has 5 nitrogen and oxygen atoms in total. The van der Waals surface area contributed by atoms with Crippen molar-refractivity contribution in [2.24, 2.45) is 0 Å². The van der Waals surface area contributed by atoms with Gasteiger partial charge >= 0.3 is 5.97 Å². The fourth-order valence-electron chi connectivity index (χ4n) is 2.86. The topological polar surface area (TPSA) is 92.4 Å². The van der Waals surface area contributed by atoms with Gasteiger partial charge in [0.15, 0.2) is 0 Å². The second kappa shape index (κ2) is 5.53. The molecule has 0 saturated heterocycles. The van der Waals surface area contributed by atoms with Gasteiger partial charge < -0.3 is 16.2 Å². The summed E-state index contributed by atoms with van der Waals surface area (Å²) in [6, 6.07) is 5.27. The Morgan fingerprint density at radius 1 is 1.35 bits per heavy atom. The monoisotopic (exact) mass is 276 g/mol. The minimum atomic E-state index is -0.885. The van der Waals surface area contributed by atoms with E-state index in [1.165, 1.54) is 0 Å². The first-order chi connectivity index (χ1) is 9.42. The number of hydrogen-bond donors (Lipinski definition) is 3. The first kappa shape index (κ1) is 14.4. The van der Waals surface area contributed by atoms with Crippen molar-refractivity contribution in [3.8, 4) is 0 Å². The quantitative estimate of drug-likeness (QED) is 0.734. The number of rotatable bonds is 4. The van der Waals surface area contributed by atoms with E-state index < -0.39 is 11.5 Å². The average molecular weight is 276 g/mol. The van der Waals surface area contributed by atoms with Crippen molar-refractivity contribution in [2.75, 3.05) is 5.73 Å². The molecular formula is C15H20N2O3. The number of nitrogens with one attached hydrogen (secondary N) is 1. The van der Waals surface area contributed by atoms with Gasteiger partial charge in [-0.3, -0.25) is 9.59 Å². The van der Waals surface area contributed by atoms with Crippen molar-refractivity contribution in [3.63, 3.8) is 0 Å². The van der Waals surface area contributed by atoms with E-state index in [9.17, 15) is 9.59 Å². The maximum Gasteiger partial charge on any atom is 0.305 e. The molecule has 1 aliphatic rings. The molecule has 1 aliphatic carbocycles. The van der Waals surface area contributed by atoms with Gasteiger partial charge in [-0.25, -0.2) is 0 Å². The van der Waals surface area contributed by atoms with E-state index in [-0.39, 0.29) is 12.3 Å². The molecule has 1 aromatic rings. The van der Waals surface area contributed by atoms with Crippen LogP contribution in [0.15, 0.2) is 18.2 Å². The molecule has 1 amide bonds. The number of benzene rings is 1. The Morgan fingerprint density at radius 2 is 2.00 bits per heavy atom. The highest BCUT2D eigenvalue weighted by Gasteiger charge is 2.37. The average Bonchev–Trinajstić information content (AvgIpc) is 2.79. The summed E-state index contributed by atoms with van der Waals surface area (Å²) in [5.74, 6) is -1.17. The fraction of sp³-hybridized carbons (Fsp3) is 0.467. The van der Waals surface area contributed by atoms with E-state index in [1.54, 1.807) is 12.1 Å². The molecule has 0 bridgehead atoms. The lowest BCUT2D eigenvalue weighted by atomic mass is 9.92. The zero-order valence-corrected chi connectivity index (χ0v) is 11.6. The van der Waals surface area contributed by atoms with Gasteiger partial charge in [-0.1, -0.05) is 24.5 Å². The molecule has 4 N–H and O–H groups in total. The molecule has 2 rings (SSSR count). The molecule has 0 heterocycles. The van der Waals surface area contributed by atoms with Crippen LogP contribution in [0.5, 0.6) is 0 Å². The normalized spacial score (nSPS) is 16.9. The molecule has 1 fully saturated rings. The molecule has 0 spiro atoms. The number of nitrogen functional groups attached to an aromatic ring is 1. The smallest absolute Gasteiger partial charge is 0.305 e. The fourth-order valence-corrected chi connectivity index (χ4v) is 2.86. The molecule has 0 aliphatic heterocycles. The Balaban J connectivity index is 2.20. The second-order valence-corrected chi connectivity index (χ2v) is 5.60. The maximum atomic E-state index is 12.4. The highest BCUT2D eigenvalue weighted by atomic mass is 16.4. The lowest BCUT2D eigenvalue weighted by Crippen LogP contribution is -2.48. The first-order valence-electron chi connectivity index (χ1n) is 6.82. The first-order valence-corrected chi connectivity index (χ1v) is 6.82. The van der Waals surface area contributed by atoms with Crippen LogP contribution in [0.1, 0.15) is 48.0 Å². The molecule has 1 aromatic carbocycles. The summed E-state index contributed by atoms with van der Waals surface area (Å²) < 4.78 is 0. The maximum absolute atomic E-state index is 12.4. The summed E-state index contributed by atoms with van der Waals surface area (Å²) >= 11 is 0. The van der Waals surface area contributed by atoms with E-state index in [0.29, 0.717) is 24.1 Å². The lowest BCUT2D eigenvalue weighted by molar-refractivity contribution is -0.138. The van der Waals surface area contributed by atoms with E-state index >= 15 is 0 Å². The Hall–Kier alpha value is -2.04. The van der Waals surface area contributed by atoms with Crippen LogP contribution >= 0.6 is 0 Å². The SMILES string of the molecule is Cc1ccc(N)c(C(=O)NC2(CC(=O)O)CCCC2)c1. The summed E-state index contributed by atoms with van der Waals surface area (Å²) in [4.78, 5) is 23.4. The molecule has 1 saturated carbocycles. The minimum Gasteiger partial charge on any atom is -0.481 e. The number of aliphatic carboxylic acids is 1.